The summed E-state index contributed by atoms with van der Waals surface area (Å²) >= 11 is 0. The Hall–Kier alpha value is -1.72. The summed E-state index contributed by atoms with van der Waals surface area (Å²) in [7, 11) is 0. The first-order chi connectivity index (χ1) is 6.50. The van der Waals surface area contributed by atoms with Crippen LogP contribution in [0.3, 0.4) is 0 Å². The van der Waals surface area contributed by atoms with E-state index >= 15 is 0 Å². The van der Waals surface area contributed by atoms with Crippen molar-refractivity contribution >= 4 is 11.7 Å². The van der Waals surface area contributed by atoms with Gasteiger partial charge in [0.25, 0.3) is 6.30 Å². The summed E-state index contributed by atoms with van der Waals surface area (Å²) in [4.78, 5) is 10.1. The molecule has 0 heterocycles. The van der Waals surface area contributed by atoms with Gasteiger partial charge >= 0.3 is 5.97 Å². The molecule has 0 amide bonds. The summed E-state index contributed by atoms with van der Waals surface area (Å²) in [5.41, 5.74) is -0.140. The van der Waals surface area contributed by atoms with E-state index in [-0.39, 0.29) is 5.69 Å². The van der Waals surface area contributed by atoms with Gasteiger partial charge in [-0.2, -0.15) is 0 Å². The summed E-state index contributed by atoms with van der Waals surface area (Å²) < 4.78 is 37.4. The van der Waals surface area contributed by atoms with Gasteiger partial charge < -0.3 is 10.4 Å². The second kappa shape index (κ2) is 3.99. The van der Waals surface area contributed by atoms with Crippen LogP contribution in [-0.2, 0) is 4.79 Å². The van der Waals surface area contributed by atoms with Crippen LogP contribution in [0.1, 0.15) is 0 Å². The molecule has 0 saturated carbocycles. The Morgan fingerprint density at radius 2 is 2.00 bits per heavy atom. The van der Waals surface area contributed by atoms with Crippen molar-refractivity contribution in [3.63, 3.8) is 0 Å². The molecule has 0 aromatic heterocycles. The second-order valence-electron chi connectivity index (χ2n) is 2.47. The lowest BCUT2D eigenvalue weighted by atomic mass is 10.3. The van der Waals surface area contributed by atoms with E-state index in [1.807, 2.05) is 5.32 Å². The molecule has 1 rings (SSSR count). The lowest BCUT2D eigenvalue weighted by Crippen LogP contribution is -2.23. The van der Waals surface area contributed by atoms with E-state index < -0.39 is 23.9 Å². The first-order valence-corrected chi connectivity index (χ1v) is 3.59. The highest BCUT2D eigenvalue weighted by Crippen LogP contribution is 2.14. The first kappa shape index (κ1) is 10.4. The van der Waals surface area contributed by atoms with Gasteiger partial charge in [0.2, 0.25) is 0 Å². The molecule has 0 unspecified atom stereocenters. The SMILES string of the molecule is O=C(O)[C@H](F)Nc1ccc(F)c(F)c1. The van der Waals surface area contributed by atoms with E-state index in [0.717, 1.165) is 12.1 Å². The van der Waals surface area contributed by atoms with Crippen LogP contribution in [0.25, 0.3) is 0 Å². The molecule has 76 valence electrons. The molecule has 0 fully saturated rings. The highest BCUT2D eigenvalue weighted by molar-refractivity contribution is 5.75. The third-order valence-corrected chi connectivity index (χ3v) is 1.43. The van der Waals surface area contributed by atoms with Crippen LogP contribution >= 0.6 is 0 Å². The molecule has 0 bridgehead atoms. The summed E-state index contributed by atoms with van der Waals surface area (Å²) in [6.07, 6.45) is -2.35. The highest BCUT2D eigenvalue weighted by atomic mass is 19.2. The zero-order chi connectivity index (χ0) is 10.7. The normalized spacial score (nSPS) is 12.2. The minimum atomic E-state index is -2.35. The molecular weight excluding hydrogens is 199 g/mol. The Morgan fingerprint density at radius 1 is 1.36 bits per heavy atom. The van der Waals surface area contributed by atoms with Gasteiger partial charge in [0.1, 0.15) is 0 Å². The predicted octanol–water partition coefficient (Wildman–Crippen LogP) is 1.76. The third-order valence-electron chi connectivity index (χ3n) is 1.43. The van der Waals surface area contributed by atoms with Crippen LogP contribution in [0, 0.1) is 11.6 Å². The standard InChI is InChI=1S/C8H6F3NO2/c9-5-2-1-4(3-6(5)10)12-7(11)8(13)14/h1-3,7,12H,(H,13,14)/t7-/m1/s1. The van der Waals surface area contributed by atoms with Crippen molar-refractivity contribution < 1.29 is 23.1 Å². The highest BCUT2D eigenvalue weighted by Gasteiger charge is 2.15. The number of aliphatic carboxylic acids is 1. The first-order valence-electron chi connectivity index (χ1n) is 3.59. The summed E-state index contributed by atoms with van der Waals surface area (Å²) in [5.74, 6) is -3.98. The number of carboxylic acids is 1. The summed E-state index contributed by atoms with van der Waals surface area (Å²) in [6.45, 7) is 0. The van der Waals surface area contributed by atoms with Crippen LogP contribution in [0.2, 0.25) is 0 Å². The molecule has 14 heavy (non-hydrogen) atoms. The van der Waals surface area contributed by atoms with Gasteiger partial charge in [0, 0.05) is 11.8 Å². The average Bonchev–Trinajstić information content (AvgIpc) is 2.11. The molecule has 0 aliphatic heterocycles. The zero-order valence-electron chi connectivity index (χ0n) is 6.80. The Labute approximate surface area is 77.2 Å². The molecule has 0 saturated heterocycles. The van der Waals surface area contributed by atoms with Crippen LogP contribution in [-0.4, -0.2) is 17.4 Å². The number of carboxylic acid groups (broad SMARTS) is 1. The molecule has 0 spiro atoms. The molecule has 2 N–H and O–H groups in total. The Morgan fingerprint density at radius 3 is 2.50 bits per heavy atom. The maximum atomic E-state index is 12.5. The van der Waals surface area contributed by atoms with E-state index in [0.29, 0.717) is 6.07 Å². The number of anilines is 1. The van der Waals surface area contributed by atoms with E-state index in [2.05, 4.69) is 0 Å². The average molecular weight is 205 g/mol. The summed E-state index contributed by atoms with van der Waals surface area (Å²) in [6, 6.07) is 2.48. The number of alkyl halides is 1. The molecule has 0 radical (unpaired) electrons. The van der Waals surface area contributed by atoms with E-state index in [1.54, 1.807) is 0 Å². The second-order valence-corrected chi connectivity index (χ2v) is 2.47. The van der Waals surface area contributed by atoms with Crippen molar-refractivity contribution in [3.05, 3.63) is 29.8 Å². The van der Waals surface area contributed by atoms with Gasteiger partial charge in [-0.1, -0.05) is 0 Å². The van der Waals surface area contributed by atoms with E-state index in [4.69, 9.17) is 5.11 Å². The largest absolute Gasteiger partial charge is 0.478 e. The smallest absolute Gasteiger partial charge is 0.359 e. The van der Waals surface area contributed by atoms with Gasteiger partial charge in [0.15, 0.2) is 11.6 Å². The number of hydrogen-bond donors (Lipinski definition) is 2. The van der Waals surface area contributed by atoms with Crippen LogP contribution in [0.4, 0.5) is 18.9 Å². The zero-order valence-corrected chi connectivity index (χ0v) is 6.80. The number of hydrogen-bond acceptors (Lipinski definition) is 2. The maximum absolute atomic E-state index is 12.5. The molecule has 6 heteroatoms. The Bertz CT molecular complexity index is 356. The van der Waals surface area contributed by atoms with Gasteiger partial charge in [0.05, 0.1) is 0 Å². The monoisotopic (exact) mass is 205 g/mol. The number of rotatable bonds is 3. The number of halogens is 3. The lowest BCUT2D eigenvalue weighted by Gasteiger charge is -2.07. The molecule has 1 aromatic rings. The minimum absolute atomic E-state index is 0.140. The predicted molar refractivity (Wildman–Crippen MR) is 42.5 cm³/mol. The number of carbonyl (C=O) groups is 1. The topological polar surface area (TPSA) is 49.3 Å². The van der Waals surface area contributed by atoms with Crippen molar-refractivity contribution in [2.24, 2.45) is 0 Å². The lowest BCUT2D eigenvalue weighted by molar-refractivity contribution is -0.141. The number of nitrogens with one attached hydrogen (secondary N) is 1. The molecule has 0 aliphatic carbocycles. The fraction of sp³-hybridized carbons (Fsp3) is 0.125. The third kappa shape index (κ3) is 2.38. The molecule has 3 nitrogen and oxygen atoms in total. The fourth-order valence-electron chi connectivity index (χ4n) is 0.794. The summed E-state index contributed by atoms with van der Waals surface area (Å²) in [5, 5.41) is 10.00. The fourth-order valence-corrected chi connectivity index (χ4v) is 0.794. The molecule has 0 aliphatic rings. The molecule has 1 aromatic carbocycles. The minimum Gasteiger partial charge on any atom is -0.478 e. The Kier molecular flexibility index (Phi) is 2.95. The van der Waals surface area contributed by atoms with Crippen molar-refractivity contribution in [1.82, 2.24) is 0 Å². The van der Waals surface area contributed by atoms with Crippen LogP contribution < -0.4 is 5.32 Å². The van der Waals surface area contributed by atoms with Crippen molar-refractivity contribution in [3.8, 4) is 0 Å². The van der Waals surface area contributed by atoms with Crippen molar-refractivity contribution in [2.75, 3.05) is 5.32 Å². The van der Waals surface area contributed by atoms with Crippen molar-refractivity contribution in [1.29, 1.82) is 0 Å². The van der Waals surface area contributed by atoms with E-state index in [9.17, 15) is 18.0 Å². The van der Waals surface area contributed by atoms with Gasteiger partial charge in [-0.3, -0.25) is 0 Å². The number of benzene rings is 1. The van der Waals surface area contributed by atoms with Crippen LogP contribution in [0.15, 0.2) is 18.2 Å². The van der Waals surface area contributed by atoms with Gasteiger partial charge in [-0.15, -0.1) is 0 Å². The Balaban J connectivity index is 2.78. The maximum Gasteiger partial charge on any atom is 0.359 e. The van der Waals surface area contributed by atoms with Gasteiger partial charge in [-0.05, 0) is 12.1 Å². The van der Waals surface area contributed by atoms with Crippen LogP contribution in [0.5, 0.6) is 0 Å². The molecular formula is C8H6F3NO2. The van der Waals surface area contributed by atoms with Crippen molar-refractivity contribution in [2.45, 2.75) is 6.30 Å². The quantitative estimate of drug-likeness (QED) is 0.739. The van der Waals surface area contributed by atoms with Gasteiger partial charge in [-0.25, -0.2) is 18.0 Å². The molecule has 1 atom stereocenters. The van der Waals surface area contributed by atoms with E-state index in [1.165, 1.54) is 0 Å².